The summed E-state index contributed by atoms with van der Waals surface area (Å²) >= 11 is 1.31. The third-order valence-electron chi connectivity index (χ3n) is 2.82. The van der Waals surface area contributed by atoms with E-state index in [4.69, 9.17) is 9.84 Å². The molecule has 0 spiro atoms. The molecular weight excluding hydrogens is 266 g/mol. The van der Waals surface area contributed by atoms with Gasteiger partial charge in [-0.05, 0) is 27.2 Å². The lowest BCUT2D eigenvalue weighted by molar-refractivity contribution is -0.156. The summed E-state index contributed by atoms with van der Waals surface area (Å²) in [7, 11) is 0. The summed E-state index contributed by atoms with van der Waals surface area (Å²) < 4.78 is 5.30. The molecule has 0 saturated heterocycles. The summed E-state index contributed by atoms with van der Waals surface area (Å²) in [6.45, 7) is 5.44. The molecule has 6 heteroatoms. The maximum absolute atomic E-state index is 11.9. The third kappa shape index (κ3) is 3.37. The first-order valence-corrected chi connectivity index (χ1v) is 7.02. The quantitative estimate of drug-likeness (QED) is 0.785. The first-order valence-electron chi connectivity index (χ1n) is 6.14. The number of ether oxygens (including phenoxy) is 1. The molecule has 0 saturated carbocycles. The van der Waals surface area contributed by atoms with Crippen molar-refractivity contribution in [3.8, 4) is 0 Å². The van der Waals surface area contributed by atoms with Gasteiger partial charge >= 0.3 is 11.9 Å². The van der Waals surface area contributed by atoms with E-state index in [0.29, 0.717) is 12.8 Å². The molecule has 2 aliphatic rings. The number of thioether (sulfide) groups is 1. The molecule has 0 aromatic heterocycles. The lowest BCUT2D eigenvalue weighted by atomic mass is 9.99. The molecule has 0 bridgehead atoms. The molecule has 1 N–H and O–H groups in total. The molecule has 0 radical (unpaired) electrons. The Morgan fingerprint density at radius 2 is 2.11 bits per heavy atom. The Morgan fingerprint density at radius 3 is 2.68 bits per heavy atom. The van der Waals surface area contributed by atoms with E-state index in [1.807, 2.05) is 20.8 Å². The van der Waals surface area contributed by atoms with Crippen LogP contribution in [0.15, 0.2) is 15.5 Å². The topological polar surface area (TPSA) is 76.0 Å². The SMILES string of the molecule is CC(C)(C)OC(=O)C1CC2=C(C=N1)SC(C(=O)O)C2. The average Bonchev–Trinajstić information content (AvgIpc) is 2.69. The van der Waals surface area contributed by atoms with E-state index in [1.165, 1.54) is 11.8 Å². The van der Waals surface area contributed by atoms with Crippen LogP contribution in [-0.2, 0) is 14.3 Å². The van der Waals surface area contributed by atoms with Crippen molar-refractivity contribution in [2.75, 3.05) is 0 Å². The van der Waals surface area contributed by atoms with Crippen LogP contribution in [0.3, 0.4) is 0 Å². The first-order chi connectivity index (χ1) is 8.76. The van der Waals surface area contributed by atoms with Crippen molar-refractivity contribution < 1.29 is 19.4 Å². The first kappa shape index (κ1) is 14.1. The molecule has 0 aliphatic carbocycles. The maximum Gasteiger partial charge on any atom is 0.331 e. The van der Waals surface area contributed by atoms with Gasteiger partial charge in [-0.1, -0.05) is 5.57 Å². The Morgan fingerprint density at radius 1 is 1.42 bits per heavy atom. The fourth-order valence-electron chi connectivity index (χ4n) is 2.00. The molecule has 2 atom stereocenters. The summed E-state index contributed by atoms with van der Waals surface area (Å²) in [6.07, 6.45) is 2.57. The van der Waals surface area contributed by atoms with Crippen LogP contribution < -0.4 is 0 Å². The van der Waals surface area contributed by atoms with Gasteiger partial charge in [0.1, 0.15) is 10.9 Å². The lowest BCUT2D eigenvalue weighted by Gasteiger charge is -2.23. The Labute approximate surface area is 116 Å². The van der Waals surface area contributed by atoms with Crippen LogP contribution in [-0.4, -0.2) is 40.2 Å². The van der Waals surface area contributed by atoms with Gasteiger partial charge in [-0.15, -0.1) is 11.8 Å². The second kappa shape index (κ2) is 5.00. The Hall–Kier alpha value is -1.30. The number of carbonyl (C=O) groups excluding carboxylic acids is 1. The number of allylic oxidation sites excluding steroid dienone is 1. The highest BCUT2D eigenvalue weighted by atomic mass is 32.2. The Balaban J connectivity index is 2.00. The van der Waals surface area contributed by atoms with Crippen molar-refractivity contribution in [2.24, 2.45) is 4.99 Å². The maximum atomic E-state index is 11.9. The molecule has 2 heterocycles. The van der Waals surface area contributed by atoms with Crippen LogP contribution in [0.5, 0.6) is 0 Å². The second-order valence-electron chi connectivity index (χ2n) is 5.65. The number of carboxylic acids is 1. The number of dihydropyridines is 1. The van der Waals surface area contributed by atoms with E-state index in [9.17, 15) is 9.59 Å². The fraction of sp³-hybridized carbons (Fsp3) is 0.615. The number of hydrogen-bond acceptors (Lipinski definition) is 5. The number of aliphatic carboxylic acids is 1. The van der Waals surface area contributed by atoms with E-state index in [1.54, 1.807) is 6.21 Å². The van der Waals surface area contributed by atoms with Crippen LogP contribution >= 0.6 is 11.8 Å². The number of nitrogens with zero attached hydrogens (tertiary/aromatic N) is 1. The van der Waals surface area contributed by atoms with E-state index in [-0.39, 0.29) is 5.97 Å². The van der Waals surface area contributed by atoms with E-state index < -0.39 is 22.9 Å². The number of esters is 1. The van der Waals surface area contributed by atoms with E-state index in [2.05, 4.69) is 4.99 Å². The van der Waals surface area contributed by atoms with Gasteiger partial charge in [0.15, 0.2) is 6.04 Å². The second-order valence-corrected chi connectivity index (χ2v) is 6.89. The molecule has 104 valence electrons. The highest BCUT2D eigenvalue weighted by Gasteiger charge is 2.35. The van der Waals surface area contributed by atoms with Crippen molar-refractivity contribution in [3.05, 3.63) is 10.5 Å². The van der Waals surface area contributed by atoms with Crippen molar-refractivity contribution >= 4 is 29.9 Å². The third-order valence-corrected chi connectivity index (χ3v) is 4.12. The van der Waals surface area contributed by atoms with Gasteiger partial charge in [0, 0.05) is 17.5 Å². The molecule has 2 rings (SSSR count). The minimum Gasteiger partial charge on any atom is -0.480 e. The Bertz CT molecular complexity index is 476. The number of rotatable bonds is 2. The van der Waals surface area contributed by atoms with Gasteiger partial charge in [-0.2, -0.15) is 0 Å². The van der Waals surface area contributed by atoms with Crippen molar-refractivity contribution in [1.82, 2.24) is 0 Å². The zero-order valence-electron chi connectivity index (χ0n) is 11.2. The monoisotopic (exact) mass is 283 g/mol. The molecule has 0 amide bonds. The lowest BCUT2D eigenvalue weighted by Crippen LogP contribution is -2.32. The van der Waals surface area contributed by atoms with Crippen LogP contribution in [0.25, 0.3) is 0 Å². The van der Waals surface area contributed by atoms with Gasteiger partial charge in [-0.25, -0.2) is 4.79 Å². The molecule has 0 aromatic carbocycles. The van der Waals surface area contributed by atoms with E-state index >= 15 is 0 Å². The van der Waals surface area contributed by atoms with Gasteiger partial charge in [0.25, 0.3) is 0 Å². The van der Waals surface area contributed by atoms with Gasteiger partial charge in [0.2, 0.25) is 0 Å². The van der Waals surface area contributed by atoms with Crippen molar-refractivity contribution in [2.45, 2.75) is 50.5 Å². The normalized spacial score (nSPS) is 26.3. The summed E-state index contributed by atoms with van der Waals surface area (Å²) in [6, 6.07) is -0.536. The molecule has 2 unspecified atom stereocenters. The summed E-state index contributed by atoms with van der Waals surface area (Å²) in [4.78, 5) is 28.0. The standard InChI is InChI=1S/C13H17NO4S/c1-13(2,3)18-12(17)8-4-7-5-9(11(15)16)19-10(7)6-14-8/h6,8-9H,4-5H2,1-3H3,(H,15,16). The molecule has 5 nitrogen and oxygen atoms in total. The zero-order chi connectivity index (χ0) is 14.2. The predicted molar refractivity (Wildman–Crippen MR) is 73.4 cm³/mol. The van der Waals surface area contributed by atoms with E-state index in [0.717, 1.165) is 10.5 Å². The fourth-order valence-corrected chi connectivity index (χ4v) is 3.15. The zero-order valence-corrected chi connectivity index (χ0v) is 12.0. The van der Waals surface area contributed by atoms with Crippen LogP contribution in [0, 0.1) is 0 Å². The number of carboxylic acid groups (broad SMARTS) is 1. The van der Waals surface area contributed by atoms with Crippen LogP contribution in [0.1, 0.15) is 33.6 Å². The number of aliphatic imine (C=N–C) groups is 1. The van der Waals surface area contributed by atoms with Gasteiger partial charge in [0.05, 0.1) is 0 Å². The molecular formula is C13H17NO4S. The van der Waals surface area contributed by atoms with Gasteiger partial charge < -0.3 is 9.84 Å². The smallest absolute Gasteiger partial charge is 0.331 e. The van der Waals surface area contributed by atoms with Gasteiger partial charge in [-0.3, -0.25) is 9.79 Å². The predicted octanol–water partition coefficient (Wildman–Crippen LogP) is 2.02. The Kier molecular flexibility index (Phi) is 3.71. The van der Waals surface area contributed by atoms with Crippen LogP contribution in [0.2, 0.25) is 0 Å². The minimum atomic E-state index is -0.818. The summed E-state index contributed by atoms with van der Waals surface area (Å²) in [5.41, 5.74) is 0.471. The summed E-state index contributed by atoms with van der Waals surface area (Å²) in [5.74, 6) is -1.17. The van der Waals surface area contributed by atoms with Crippen molar-refractivity contribution in [1.29, 1.82) is 0 Å². The molecule has 2 aliphatic heterocycles. The molecule has 0 fully saturated rings. The average molecular weight is 283 g/mol. The number of hydrogen-bond donors (Lipinski definition) is 1. The summed E-state index contributed by atoms with van der Waals surface area (Å²) in [5, 5.41) is 8.55. The molecule has 19 heavy (non-hydrogen) atoms. The highest BCUT2D eigenvalue weighted by molar-refractivity contribution is 8.05. The number of carbonyl (C=O) groups is 2. The van der Waals surface area contributed by atoms with Crippen molar-refractivity contribution in [3.63, 3.8) is 0 Å². The van der Waals surface area contributed by atoms with Crippen LogP contribution in [0.4, 0.5) is 0 Å². The molecule has 0 aromatic rings. The largest absolute Gasteiger partial charge is 0.480 e. The highest BCUT2D eigenvalue weighted by Crippen LogP contribution is 2.41. The minimum absolute atomic E-state index is 0.348.